The molecule has 1 aromatic heterocycles. The Morgan fingerprint density at radius 3 is 2.50 bits per heavy atom. The summed E-state index contributed by atoms with van der Waals surface area (Å²) < 4.78 is 55.9. The number of ether oxygens (including phenoxy) is 1. The molecule has 0 saturated carbocycles. The van der Waals surface area contributed by atoms with Gasteiger partial charge < -0.3 is 15.8 Å². The van der Waals surface area contributed by atoms with Gasteiger partial charge in [0.05, 0.1) is 17.1 Å². The Labute approximate surface area is 186 Å². The number of aromatic nitrogens is 2. The van der Waals surface area contributed by atoms with Crippen molar-refractivity contribution in [3.05, 3.63) is 72.3 Å². The molecule has 0 atom stereocenters. The van der Waals surface area contributed by atoms with E-state index < -0.39 is 12.1 Å². The van der Waals surface area contributed by atoms with E-state index in [4.69, 9.17) is 5.73 Å². The zero-order valence-corrected chi connectivity index (χ0v) is 17.8. The summed E-state index contributed by atoms with van der Waals surface area (Å²) in [4.78, 5) is 4.09. The molecule has 0 radical (unpaired) electrons. The maximum Gasteiger partial charge on any atom is 0.573 e. The Bertz CT molecular complexity index is 989. The molecule has 0 unspecified atom stereocenters. The van der Waals surface area contributed by atoms with E-state index in [9.17, 15) is 17.6 Å². The molecule has 0 aliphatic heterocycles. The lowest BCUT2D eigenvalue weighted by Gasteiger charge is -2.14. The molecule has 3 rings (SSSR count). The molecule has 1 heterocycles. The molecule has 0 aliphatic carbocycles. The summed E-state index contributed by atoms with van der Waals surface area (Å²) in [5, 5.41) is 6.96. The van der Waals surface area contributed by atoms with E-state index in [1.165, 1.54) is 30.3 Å². The number of hydrogen-bond acceptors (Lipinski definition) is 3. The third-order valence-corrected chi connectivity index (χ3v) is 3.76. The Morgan fingerprint density at radius 2 is 1.80 bits per heavy atom. The van der Waals surface area contributed by atoms with Gasteiger partial charge in [-0.2, -0.15) is 5.10 Å². The number of halogens is 5. The molecule has 0 saturated heterocycles. The van der Waals surface area contributed by atoms with Crippen molar-refractivity contribution in [2.45, 2.75) is 12.8 Å². The number of nitrogens with two attached hydrogens (primary N) is 1. The summed E-state index contributed by atoms with van der Waals surface area (Å²) in [6, 6.07) is 13.2. The van der Waals surface area contributed by atoms with Gasteiger partial charge in [-0.15, -0.1) is 37.1 Å². The number of aliphatic imine (C=N–C) groups is 1. The van der Waals surface area contributed by atoms with Crippen LogP contribution in [0, 0.1) is 5.82 Å². The molecular weight excluding hydrogens is 517 g/mol. The third kappa shape index (κ3) is 6.90. The number of rotatable bonds is 6. The van der Waals surface area contributed by atoms with Gasteiger partial charge in [0.2, 0.25) is 0 Å². The quantitative estimate of drug-likeness (QED) is 0.211. The fraction of sp³-hybridized carbons (Fsp3) is 0.158. The first-order valence-electron chi connectivity index (χ1n) is 8.52. The number of guanidine groups is 1. The van der Waals surface area contributed by atoms with E-state index >= 15 is 0 Å². The van der Waals surface area contributed by atoms with Crippen LogP contribution in [0.1, 0.15) is 5.69 Å². The summed E-state index contributed by atoms with van der Waals surface area (Å²) in [5.41, 5.74) is 7.24. The third-order valence-electron chi connectivity index (χ3n) is 3.76. The van der Waals surface area contributed by atoms with E-state index in [1.807, 2.05) is 0 Å². The lowest BCUT2D eigenvalue weighted by molar-refractivity contribution is -0.274. The smallest absolute Gasteiger partial charge is 0.404 e. The van der Waals surface area contributed by atoms with E-state index in [2.05, 4.69) is 20.1 Å². The van der Waals surface area contributed by atoms with Crippen LogP contribution in [0.4, 0.5) is 23.2 Å². The molecule has 6 nitrogen and oxygen atoms in total. The van der Waals surface area contributed by atoms with Crippen molar-refractivity contribution >= 4 is 35.6 Å². The molecular formula is C19H18F4IN5O. The van der Waals surface area contributed by atoms with Crippen molar-refractivity contribution in [1.82, 2.24) is 9.78 Å². The first kappa shape index (κ1) is 23.4. The molecule has 3 N–H and O–H groups in total. The highest BCUT2D eigenvalue weighted by atomic mass is 127. The maximum atomic E-state index is 13.0. The number of hydrogen-bond donors (Lipinski definition) is 2. The van der Waals surface area contributed by atoms with E-state index in [0.717, 1.165) is 5.69 Å². The summed E-state index contributed by atoms with van der Waals surface area (Å²) in [6.45, 7) is 0.265. The van der Waals surface area contributed by atoms with E-state index in [0.29, 0.717) is 12.1 Å². The zero-order valence-electron chi connectivity index (χ0n) is 15.4. The minimum Gasteiger partial charge on any atom is -0.404 e. The SMILES string of the molecule is I.NC(=NCCc1ccn(-c2ccc(F)cc2)n1)Nc1ccccc1OC(F)(F)F. The van der Waals surface area contributed by atoms with Gasteiger partial charge in [0.15, 0.2) is 11.7 Å². The average molecular weight is 535 g/mol. The van der Waals surface area contributed by atoms with Gasteiger partial charge in [0, 0.05) is 19.2 Å². The van der Waals surface area contributed by atoms with Crippen molar-refractivity contribution in [2.75, 3.05) is 11.9 Å². The fourth-order valence-corrected chi connectivity index (χ4v) is 2.48. The second-order valence-corrected chi connectivity index (χ2v) is 5.91. The molecule has 160 valence electrons. The molecule has 0 amide bonds. The van der Waals surface area contributed by atoms with Crippen LogP contribution in [0.15, 0.2) is 65.8 Å². The molecule has 30 heavy (non-hydrogen) atoms. The average Bonchev–Trinajstić information content (AvgIpc) is 3.12. The van der Waals surface area contributed by atoms with Crippen molar-refractivity contribution in [2.24, 2.45) is 10.7 Å². The molecule has 0 fully saturated rings. The molecule has 11 heteroatoms. The first-order valence-corrected chi connectivity index (χ1v) is 8.52. The molecule has 0 spiro atoms. The van der Waals surface area contributed by atoms with Gasteiger partial charge in [-0.05, 0) is 42.5 Å². The van der Waals surface area contributed by atoms with Crippen LogP contribution in [-0.4, -0.2) is 28.6 Å². The minimum absolute atomic E-state index is 0. The van der Waals surface area contributed by atoms with Crippen LogP contribution >= 0.6 is 24.0 Å². The Morgan fingerprint density at radius 1 is 1.10 bits per heavy atom. The maximum absolute atomic E-state index is 13.0. The Balaban J connectivity index is 0.00000320. The van der Waals surface area contributed by atoms with Gasteiger partial charge in [-0.3, -0.25) is 4.99 Å². The van der Waals surface area contributed by atoms with Gasteiger partial charge in [-0.1, -0.05) is 12.1 Å². The molecule has 3 aromatic rings. The first-order chi connectivity index (χ1) is 13.8. The predicted octanol–water partition coefficient (Wildman–Crippen LogP) is 4.50. The van der Waals surface area contributed by atoms with Crippen molar-refractivity contribution in [3.63, 3.8) is 0 Å². The topological polar surface area (TPSA) is 77.5 Å². The molecule has 0 aliphatic rings. The lowest BCUT2D eigenvalue weighted by atomic mass is 10.3. The van der Waals surface area contributed by atoms with Crippen molar-refractivity contribution in [3.8, 4) is 11.4 Å². The monoisotopic (exact) mass is 535 g/mol. The lowest BCUT2D eigenvalue weighted by Crippen LogP contribution is -2.24. The van der Waals surface area contributed by atoms with Crippen LogP contribution in [-0.2, 0) is 6.42 Å². The number of anilines is 1. The highest BCUT2D eigenvalue weighted by Gasteiger charge is 2.32. The van der Waals surface area contributed by atoms with Crippen LogP contribution in [0.25, 0.3) is 5.69 Å². The van der Waals surface area contributed by atoms with Gasteiger partial charge in [0.1, 0.15) is 5.82 Å². The van der Waals surface area contributed by atoms with Gasteiger partial charge >= 0.3 is 6.36 Å². The standard InChI is InChI=1S/C19H17F4N5O.HI/c20-13-5-7-15(8-6-13)28-12-10-14(27-28)9-11-25-18(24)26-16-3-1-2-4-17(16)29-19(21,22)23;/h1-8,10,12H,9,11H2,(H3,24,25,26);1H. The number of alkyl halides is 3. The largest absolute Gasteiger partial charge is 0.573 e. The highest BCUT2D eigenvalue weighted by Crippen LogP contribution is 2.29. The fourth-order valence-electron chi connectivity index (χ4n) is 2.48. The summed E-state index contributed by atoms with van der Waals surface area (Å²) in [5.74, 6) is -0.793. The summed E-state index contributed by atoms with van der Waals surface area (Å²) in [7, 11) is 0. The van der Waals surface area contributed by atoms with Crippen molar-refractivity contribution in [1.29, 1.82) is 0 Å². The number of benzene rings is 2. The second kappa shape index (κ2) is 10.3. The minimum atomic E-state index is -4.81. The van der Waals surface area contributed by atoms with Gasteiger partial charge in [-0.25, -0.2) is 9.07 Å². The second-order valence-electron chi connectivity index (χ2n) is 5.91. The highest BCUT2D eigenvalue weighted by molar-refractivity contribution is 14.0. The van der Waals surface area contributed by atoms with Crippen LogP contribution in [0.3, 0.4) is 0 Å². The number of nitrogens with one attached hydrogen (secondary N) is 1. The van der Waals surface area contributed by atoms with Crippen LogP contribution in [0.5, 0.6) is 5.75 Å². The van der Waals surface area contributed by atoms with Crippen LogP contribution < -0.4 is 15.8 Å². The zero-order chi connectivity index (χ0) is 20.9. The Kier molecular flexibility index (Phi) is 8.03. The van der Waals surface area contributed by atoms with Gasteiger partial charge in [0.25, 0.3) is 0 Å². The van der Waals surface area contributed by atoms with E-state index in [1.54, 1.807) is 35.1 Å². The van der Waals surface area contributed by atoms with Crippen LogP contribution in [0.2, 0.25) is 0 Å². The number of nitrogens with zero attached hydrogens (tertiary/aromatic N) is 3. The summed E-state index contributed by atoms with van der Waals surface area (Å²) in [6.07, 6.45) is -2.62. The number of para-hydroxylation sites is 2. The molecule has 2 aromatic carbocycles. The predicted molar refractivity (Wildman–Crippen MR) is 116 cm³/mol. The normalized spacial score (nSPS) is 11.7. The van der Waals surface area contributed by atoms with E-state index in [-0.39, 0.29) is 48.0 Å². The molecule has 0 bridgehead atoms. The Hall–Kier alpha value is -2.83. The summed E-state index contributed by atoms with van der Waals surface area (Å²) >= 11 is 0. The van der Waals surface area contributed by atoms with Crippen molar-refractivity contribution < 1.29 is 22.3 Å².